The van der Waals surface area contributed by atoms with Crippen molar-refractivity contribution in [2.24, 2.45) is 4.99 Å². The average Bonchev–Trinajstić information content (AvgIpc) is 3.17. The molecule has 0 aliphatic carbocycles. The van der Waals surface area contributed by atoms with Crippen molar-refractivity contribution >= 4 is 39.3 Å². The smallest absolute Gasteiger partial charge is 0.338 e. The number of hydrogen-bond donors (Lipinski definition) is 0. The van der Waals surface area contributed by atoms with Crippen LogP contribution < -0.4 is 29.1 Å². The van der Waals surface area contributed by atoms with Crippen molar-refractivity contribution in [3.63, 3.8) is 0 Å². The normalized spacial score (nSPS) is 15.3. The highest BCUT2D eigenvalue weighted by Crippen LogP contribution is 2.37. The zero-order valence-electron chi connectivity index (χ0n) is 22.9. The van der Waals surface area contributed by atoms with E-state index in [1.807, 2.05) is 44.2 Å². The fraction of sp³-hybridized carbons (Fsp3) is 0.345. The third-order valence-electron chi connectivity index (χ3n) is 5.92. The second-order valence-electron chi connectivity index (χ2n) is 9.50. The van der Waals surface area contributed by atoms with Crippen LogP contribution in [0.4, 0.5) is 0 Å². The third-order valence-corrected chi connectivity index (χ3v) is 7.39. The summed E-state index contributed by atoms with van der Waals surface area (Å²) < 4.78 is 25.3. The highest BCUT2D eigenvalue weighted by Gasteiger charge is 2.35. The molecule has 0 fully saturated rings. The van der Waals surface area contributed by atoms with Crippen LogP contribution in [0.25, 0.3) is 6.08 Å². The molecule has 1 aliphatic heterocycles. The van der Waals surface area contributed by atoms with Gasteiger partial charge in [-0.3, -0.25) is 9.36 Å². The lowest BCUT2D eigenvalue weighted by molar-refractivity contribution is -0.143. The van der Waals surface area contributed by atoms with Crippen molar-refractivity contribution in [3.8, 4) is 17.2 Å². The third kappa shape index (κ3) is 5.96. The number of allylic oxidation sites excluding steroid dienone is 1. The molecular formula is C29H31BrN2O6S. The highest BCUT2D eigenvalue weighted by atomic mass is 79.9. The molecule has 0 N–H and O–H groups in total. The van der Waals surface area contributed by atoms with Gasteiger partial charge in [-0.05, 0) is 76.6 Å². The number of ether oxygens (including phenoxy) is 4. The van der Waals surface area contributed by atoms with E-state index in [2.05, 4.69) is 20.9 Å². The van der Waals surface area contributed by atoms with Crippen molar-refractivity contribution < 1.29 is 23.7 Å². The molecule has 0 spiro atoms. The lowest BCUT2D eigenvalue weighted by Crippen LogP contribution is -2.40. The second kappa shape index (κ2) is 11.8. The number of thiazole rings is 1. The van der Waals surface area contributed by atoms with E-state index in [0.29, 0.717) is 37.8 Å². The Morgan fingerprint density at radius 3 is 2.36 bits per heavy atom. The molecule has 39 heavy (non-hydrogen) atoms. The number of nitrogens with zero attached hydrogens (tertiary/aromatic N) is 2. The van der Waals surface area contributed by atoms with Crippen LogP contribution in [0.15, 0.2) is 61.9 Å². The van der Waals surface area contributed by atoms with Gasteiger partial charge in [0.15, 0.2) is 16.3 Å². The summed E-state index contributed by atoms with van der Waals surface area (Å²) in [5.41, 5.74) is 1.89. The van der Waals surface area contributed by atoms with Gasteiger partial charge in [0, 0.05) is 10.0 Å². The molecule has 2 aromatic carbocycles. The van der Waals surface area contributed by atoms with Gasteiger partial charge in [-0.15, -0.1) is 0 Å². The zero-order valence-corrected chi connectivity index (χ0v) is 25.3. The fourth-order valence-corrected chi connectivity index (χ4v) is 5.78. The van der Waals surface area contributed by atoms with Gasteiger partial charge in [-0.2, -0.15) is 0 Å². The van der Waals surface area contributed by atoms with E-state index in [-0.39, 0.29) is 23.3 Å². The van der Waals surface area contributed by atoms with E-state index in [1.54, 1.807) is 47.1 Å². The van der Waals surface area contributed by atoms with Crippen molar-refractivity contribution in [2.45, 2.75) is 52.9 Å². The summed E-state index contributed by atoms with van der Waals surface area (Å²) in [5, 5.41) is 0. The molecule has 0 amide bonds. The fourth-order valence-electron chi connectivity index (χ4n) is 4.35. The first kappa shape index (κ1) is 28.6. The van der Waals surface area contributed by atoms with Crippen LogP contribution in [0.5, 0.6) is 17.2 Å². The summed E-state index contributed by atoms with van der Waals surface area (Å²) in [4.78, 5) is 32.4. The molecule has 0 saturated carbocycles. The maximum absolute atomic E-state index is 13.9. The Bertz CT molecular complexity index is 1620. The van der Waals surface area contributed by atoms with Crippen molar-refractivity contribution in [2.75, 3.05) is 14.2 Å². The Labute approximate surface area is 239 Å². The first-order chi connectivity index (χ1) is 18.5. The van der Waals surface area contributed by atoms with Gasteiger partial charge in [0.2, 0.25) is 0 Å². The molecule has 206 valence electrons. The number of aromatic nitrogens is 1. The van der Waals surface area contributed by atoms with Crippen LogP contribution in [0.3, 0.4) is 0 Å². The monoisotopic (exact) mass is 614 g/mol. The maximum atomic E-state index is 13.9. The number of esters is 1. The summed E-state index contributed by atoms with van der Waals surface area (Å²) >= 11 is 4.77. The summed E-state index contributed by atoms with van der Waals surface area (Å²) in [5.74, 6) is 1.19. The lowest BCUT2D eigenvalue weighted by Gasteiger charge is -2.26. The molecule has 10 heteroatoms. The van der Waals surface area contributed by atoms with Gasteiger partial charge in [0.25, 0.3) is 5.56 Å². The summed E-state index contributed by atoms with van der Waals surface area (Å²) in [7, 11) is 3.13. The molecule has 0 radical (unpaired) electrons. The summed E-state index contributed by atoms with van der Waals surface area (Å²) in [6.07, 6.45) is 1.43. The van der Waals surface area contributed by atoms with E-state index in [0.717, 1.165) is 10.0 Å². The van der Waals surface area contributed by atoms with Crippen LogP contribution in [-0.4, -0.2) is 37.0 Å². The maximum Gasteiger partial charge on any atom is 0.338 e. The number of fused-ring (bicyclic) bond motifs is 1. The van der Waals surface area contributed by atoms with Crippen LogP contribution in [0.1, 0.15) is 51.8 Å². The number of halogens is 1. The number of methoxy groups -OCH3 is 2. The molecule has 0 saturated heterocycles. The Morgan fingerprint density at radius 2 is 1.72 bits per heavy atom. The molecule has 1 aromatic heterocycles. The quantitative estimate of drug-likeness (QED) is 0.340. The van der Waals surface area contributed by atoms with E-state index < -0.39 is 12.0 Å². The summed E-state index contributed by atoms with van der Waals surface area (Å²) in [6, 6.07) is 10.2. The first-order valence-corrected chi connectivity index (χ1v) is 14.1. The van der Waals surface area contributed by atoms with Crippen LogP contribution in [0.2, 0.25) is 0 Å². The SMILES string of the molecule is COc1cc(/C=c2\sc3n(c2=O)[C@@H](c2cc(Br)ccc2OC)C(C(=O)OC(C)C)=C(C)N=3)ccc1OC(C)C. The second-order valence-corrected chi connectivity index (χ2v) is 11.4. The van der Waals surface area contributed by atoms with Gasteiger partial charge < -0.3 is 18.9 Å². The van der Waals surface area contributed by atoms with Gasteiger partial charge in [-0.1, -0.05) is 33.3 Å². The molecule has 1 aliphatic rings. The largest absolute Gasteiger partial charge is 0.496 e. The zero-order chi connectivity index (χ0) is 28.4. The number of rotatable bonds is 8. The number of carbonyl (C=O) groups is 1. The van der Waals surface area contributed by atoms with Crippen LogP contribution in [0, 0.1) is 0 Å². The van der Waals surface area contributed by atoms with E-state index >= 15 is 0 Å². The highest BCUT2D eigenvalue weighted by molar-refractivity contribution is 9.10. The molecular weight excluding hydrogens is 584 g/mol. The number of carbonyl (C=O) groups excluding carboxylic acids is 1. The minimum atomic E-state index is -0.793. The molecule has 0 bridgehead atoms. The van der Waals surface area contributed by atoms with Crippen molar-refractivity contribution in [1.29, 1.82) is 0 Å². The Balaban J connectivity index is 1.94. The predicted molar refractivity (Wildman–Crippen MR) is 154 cm³/mol. The lowest BCUT2D eigenvalue weighted by atomic mass is 9.95. The number of benzene rings is 2. The summed E-state index contributed by atoms with van der Waals surface area (Å²) in [6.45, 7) is 9.20. The van der Waals surface area contributed by atoms with Gasteiger partial charge in [0.05, 0.1) is 42.2 Å². The molecule has 2 heterocycles. The van der Waals surface area contributed by atoms with E-state index in [9.17, 15) is 9.59 Å². The molecule has 3 aromatic rings. The minimum Gasteiger partial charge on any atom is -0.496 e. The Morgan fingerprint density at radius 1 is 1.03 bits per heavy atom. The van der Waals surface area contributed by atoms with Gasteiger partial charge in [-0.25, -0.2) is 9.79 Å². The molecule has 4 rings (SSSR count). The molecule has 0 unspecified atom stereocenters. The van der Waals surface area contributed by atoms with Crippen LogP contribution >= 0.6 is 27.3 Å². The topological polar surface area (TPSA) is 88.4 Å². The number of hydrogen-bond acceptors (Lipinski definition) is 8. The van der Waals surface area contributed by atoms with Gasteiger partial charge in [0.1, 0.15) is 11.8 Å². The molecule has 1 atom stereocenters. The molecule has 8 nitrogen and oxygen atoms in total. The van der Waals surface area contributed by atoms with Crippen molar-refractivity contribution in [3.05, 3.63) is 83.0 Å². The van der Waals surface area contributed by atoms with Crippen molar-refractivity contribution in [1.82, 2.24) is 4.57 Å². The standard InChI is InChI=1S/C29H31BrN2O6S/c1-15(2)37-22-10-8-18(12-23(22)36-7)13-24-27(33)32-26(20-14-19(30)9-11-21(20)35-6)25(28(34)38-16(3)4)17(5)31-29(32)39-24/h8-16,26H,1-7H3/b24-13-/t26-/m0/s1. The predicted octanol–water partition coefficient (Wildman–Crippen LogP) is 4.75. The van der Waals surface area contributed by atoms with E-state index in [4.69, 9.17) is 18.9 Å². The van der Waals surface area contributed by atoms with E-state index in [1.165, 1.54) is 15.9 Å². The average molecular weight is 616 g/mol. The minimum absolute atomic E-state index is 0.0109. The first-order valence-electron chi connectivity index (χ1n) is 12.5. The Kier molecular flexibility index (Phi) is 8.66. The van der Waals surface area contributed by atoms with Crippen LogP contribution in [-0.2, 0) is 9.53 Å². The Hall–Kier alpha value is -3.37. The van der Waals surface area contributed by atoms with Gasteiger partial charge >= 0.3 is 5.97 Å².